The average Bonchev–Trinajstić information content (AvgIpc) is 2.64. The third-order valence-electron chi connectivity index (χ3n) is 4.75. The van der Waals surface area contributed by atoms with Gasteiger partial charge in [0.1, 0.15) is 12.0 Å². The molecule has 3 nitrogen and oxygen atoms in total. The molecule has 1 saturated heterocycles. The SMILES string of the molecule is CC1NC(c2cccc(F)c2)N(C(C)C2CCC2)C1=O. The van der Waals surface area contributed by atoms with Crippen LogP contribution >= 0.6 is 0 Å². The maximum Gasteiger partial charge on any atom is 0.241 e. The van der Waals surface area contributed by atoms with Crippen LogP contribution in [0.25, 0.3) is 0 Å². The molecule has 1 amide bonds. The van der Waals surface area contributed by atoms with Crippen molar-refractivity contribution in [1.82, 2.24) is 10.2 Å². The largest absolute Gasteiger partial charge is 0.319 e. The smallest absolute Gasteiger partial charge is 0.241 e. The summed E-state index contributed by atoms with van der Waals surface area (Å²) >= 11 is 0. The van der Waals surface area contributed by atoms with Crippen LogP contribution in [-0.4, -0.2) is 22.9 Å². The van der Waals surface area contributed by atoms with Crippen LogP contribution in [0.4, 0.5) is 4.39 Å². The second kappa shape index (κ2) is 5.17. The number of carbonyl (C=O) groups is 1. The van der Waals surface area contributed by atoms with Gasteiger partial charge in [-0.2, -0.15) is 0 Å². The predicted molar refractivity (Wildman–Crippen MR) is 75.4 cm³/mol. The molecule has 108 valence electrons. The summed E-state index contributed by atoms with van der Waals surface area (Å²) in [4.78, 5) is 14.3. The van der Waals surface area contributed by atoms with E-state index in [-0.39, 0.29) is 30.0 Å². The van der Waals surface area contributed by atoms with Crippen LogP contribution < -0.4 is 5.32 Å². The number of halogens is 1. The van der Waals surface area contributed by atoms with Crippen molar-refractivity contribution in [1.29, 1.82) is 0 Å². The first-order valence-electron chi connectivity index (χ1n) is 7.41. The van der Waals surface area contributed by atoms with Crippen molar-refractivity contribution in [3.63, 3.8) is 0 Å². The van der Waals surface area contributed by atoms with E-state index in [1.165, 1.54) is 31.4 Å². The van der Waals surface area contributed by atoms with Gasteiger partial charge in [0.15, 0.2) is 0 Å². The zero-order valence-electron chi connectivity index (χ0n) is 12.0. The van der Waals surface area contributed by atoms with E-state index in [1.807, 2.05) is 17.9 Å². The first-order chi connectivity index (χ1) is 9.58. The van der Waals surface area contributed by atoms with Crippen LogP contribution in [-0.2, 0) is 4.79 Å². The molecule has 1 N–H and O–H groups in total. The van der Waals surface area contributed by atoms with Crippen LogP contribution in [0.1, 0.15) is 44.8 Å². The monoisotopic (exact) mass is 276 g/mol. The number of amides is 1. The lowest BCUT2D eigenvalue weighted by atomic mass is 9.79. The van der Waals surface area contributed by atoms with Crippen molar-refractivity contribution in [3.8, 4) is 0 Å². The summed E-state index contributed by atoms with van der Waals surface area (Å²) in [6.07, 6.45) is 3.43. The molecule has 0 aromatic heterocycles. The number of benzene rings is 1. The summed E-state index contributed by atoms with van der Waals surface area (Å²) in [7, 11) is 0. The first kappa shape index (κ1) is 13.6. The van der Waals surface area contributed by atoms with Gasteiger partial charge in [-0.3, -0.25) is 10.1 Å². The van der Waals surface area contributed by atoms with Crippen LogP contribution in [0.5, 0.6) is 0 Å². The van der Waals surface area contributed by atoms with E-state index in [0.29, 0.717) is 5.92 Å². The highest BCUT2D eigenvalue weighted by Crippen LogP contribution is 2.37. The van der Waals surface area contributed by atoms with E-state index in [0.717, 1.165) is 5.56 Å². The molecule has 1 aliphatic carbocycles. The Morgan fingerprint density at radius 2 is 2.15 bits per heavy atom. The molecule has 2 aliphatic rings. The lowest BCUT2D eigenvalue weighted by Gasteiger charge is -2.39. The summed E-state index contributed by atoms with van der Waals surface area (Å²) in [5.41, 5.74) is 0.828. The van der Waals surface area contributed by atoms with Crippen LogP contribution in [0, 0.1) is 11.7 Å². The van der Waals surface area contributed by atoms with E-state index in [4.69, 9.17) is 0 Å². The minimum absolute atomic E-state index is 0.124. The average molecular weight is 276 g/mol. The topological polar surface area (TPSA) is 32.3 Å². The quantitative estimate of drug-likeness (QED) is 0.920. The highest BCUT2D eigenvalue weighted by Gasteiger charge is 2.42. The van der Waals surface area contributed by atoms with Gasteiger partial charge in [0, 0.05) is 6.04 Å². The molecule has 3 rings (SSSR count). The van der Waals surface area contributed by atoms with Crippen molar-refractivity contribution < 1.29 is 9.18 Å². The van der Waals surface area contributed by atoms with E-state index in [1.54, 1.807) is 6.07 Å². The molecule has 1 saturated carbocycles. The molecule has 1 aromatic rings. The fourth-order valence-electron chi connectivity index (χ4n) is 3.26. The third kappa shape index (κ3) is 2.22. The fourth-order valence-corrected chi connectivity index (χ4v) is 3.26. The standard InChI is InChI=1S/C16H21FN2O/c1-10-16(20)19(11(2)12-5-3-6-12)15(18-10)13-7-4-8-14(17)9-13/h4,7-12,15,18H,3,5-6H2,1-2H3. The summed E-state index contributed by atoms with van der Waals surface area (Å²) in [6, 6.07) is 6.54. The molecule has 0 radical (unpaired) electrons. The predicted octanol–water partition coefficient (Wildman–Crippen LogP) is 2.83. The summed E-state index contributed by atoms with van der Waals surface area (Å²) in [5.74, 6) is 0.452. The van der Waals surface area contributed by atoms with E-state index >= 15 is 0 Å². The maximum absolute atomic E-state index is 13.4. The zero-order chi connectivity index (χ0) is 14.3. The molecular weight excluding hydrogens is 255 g/mol. The van der Waals surface area contributed by atoms with Crippen LogP contribution in [0.3, 0.4) is 0 Å². The first-order valence-corrected chi connectivity index (χ1v) is 7.41. The Balaban J connectivity index is 1.89. The zero-order valence-corrected chi connectivity index (χ0v) is 12.0. The number of hydrogen-bond acceptors (Lipinski definition) is 2. The van der Waals surface area contributed by atoms with Gasteiger partial charge in [-0.25, -0.2) is 4.39 Å². The Morgan fingerprint density at radius 1 is 1.40 bits per heavy atom. The minimum Gasteiger partial charge on any atom is -0.319 e. The Bertz CT molecular complexity index is 515. The van der Waals surface area contributed by atoms with E-state index in [9.17, 15) is 9.18 Å². The van der Waals surface area contributed by atoms with Crippen molar-refractivity contribution in [2.24, 2.45) is 5.92 Å². The molecule has 20 heavy (non-hydrogen) atoms. The minimum atomic E-state index is -0.257. The Morgan fingerprint density at radius 3 is 2.75 bits per heavy atom. The second-order valence-electron chi connectivity index (χ2n) is 6.02. The number of hydrogen-bond donors (Lipinski definition) is 1. The van der Waals surface area contributed by atoms with E-state index < -0.39 is 0 Å². The van der Waals surface area contributed by atoms with Gasteiger partial charge >= 0.3 is 0 Å². The second-order valence-corrected chi connectivity index (χ2v) is 6.02. The van der Waals surface area contributed by atoms with Crippen LogP contribution in [0.2, 0.25) is 0 Å². The molecule has 4 heteroatoms. The lowest BCUT2D eigenvalue weighted by molar-refractivity contribution is -0.133. The molecule has 3 unspecified atom stereocenters. The van der Waals surface area contributed by atoms with Crippen molar-refractivity contribution >= 4 is 5.91 Å². The van der Waals surface area contributed by atoms with Gasteiger partial charge in [-0.15, -0.1) is 0 Å². The van der Waals surface area contributed by atoms with Gasteiger partial charge in [0.25, 0.3) is 0 Å². The van der Waals surface area contributed by atoms with Gasteiger partial charge in [0.2, 0.25) is 5.91 Å². The highest BCUT2D eigenvalue weighted by molar-refractivity contribution is 5.84. The molecule has 2 fully saturated rings. The van der Waals surface area contributed by atoms with E-state index in [2.05, 4.69) is 12.2 Å². The lowest BCUT2D eigenvalue weighted by Crippen LogP contribution is -2.44. The van der Waals surface area contributed by atoms with Crippen molar-refractivity contribution in [2.75, 3.05) is 0 Å². The highest BCUT2D eigenvalue weighted by atomic mass is 19.1. The summed E-state index contributed by atoms with van der Waals surface area (Å²) < 4.78 is 13.4. The molecule has 1 aromatic carbocycles. The number of nitrogens with zero attached hydrogens (tertiary/aromatic N) is 1. The van der Waals surface area contributed by atoms with Crippen molar-refractivity contribution in [3.05, 3.63) is 35.6 Å². The third-order valence-corrected chi connectivity index (χ3v) is 4.75. The van der Waals surface area contributed by atoms with Crippen LogP contribution in [0.15, 0.2) is 24.3 Å². The molecule has 0 bridgehead atoms. The number of carbonyl (C=O) groups excluding carboxylic acids is 1. The molecule has 1 aliphatic heterocycles. The maximum atomic E-state index is 13.4. The molecule has 3 atom stereocenters. The number of nitrogens with one attached hydrogen (secondary N) is 1. The molecule has 1 heterocycles. The summed E-state index contributed by atoms with van der Waals surface area (Å²) in [5, 5.41) is 3.29. The summed E-state index contributed by atoms with van der Waals surface area (Å²) in [6.45, 7) is 4.00. The van der Waals surface area contributed by atoms with Crippen molar-refractivity contribution in [2.45, 2.75) is 51.4 Å². The van der Waals surface area contributed by atoms with Gasteiger partial charge in [-0.1, -0.05) is 18.6 Å². The molecular formula is C16H21FN2O. The van der Waals surface area contributed by atoms with Gasteiger partial charge in [0.05, 0.1) is 6.04 Å². The van der Waals surface area contributed by atoms with Gasteiger partial charge in [-0.05, 0) is 50.3 Å². The Hall–Kier alpha value is -1.42. The van der Waals surface area contributed by atoms with Gasteiger partial charge < -0.3 is 4.90 Å². The fraction of sp³-hybridized carbons (Fsp3) is 0.562. The normalized spacial score (nSPS) is 28.6. The Labute approximate surface area is 119 Å². The Kier molecular flexibility index (Phi) is 3.50. The number of rotatable bonds is 3. The molecule has 0 spiro atoms.